The van der Waals surface area contributed by atoms with E-state index in [4.69, 9.17) is 0 Å². The van der Waals surface area contributed by atoms with Crippen molar-refractivity contribution >= 4 is 11.3 Å². The van der Waals surface area contributed by atoms with Gasteiger partial charge in [0.2, 0.25) is 0 Å². The van der Waals surface area contributed by atoms with E-state index < -0.39 is 0 Å². The minimum Gasteiger partial charge on any atom is -0.388 e. The second kappa shape index (κ2) is 5.64. The van der Waals surface area contributed by atoms with E-state index in [1.165, 1.54) is 25.7 Å². The summed E-state index contributed by atoms with van der Waals surface area (Å²) in [6.45, 7) is 1.11. The fraction of sp³-hybridized carbons (Fsp3) is 0.667. The van der Waals surface area contributed by atoms with Crippen LogP contribution in [0.15, 0.2) is 17.5 Å². The van der Waals surface area contributed by atoms with Gasteiger partial charge in [-0.1, -0.05) is 18.9 Å². The third-order valence-electron chi connectivity index (χ3n) is 3.04. The van der Waals surface area contributed by atoms with E-state index in [-0.39, 0.29) is 6.10 Å². The first kappa shape index (κ1) is 11.1. The second-order valence-corrected chi connectivity index (χ2v) is 5.25. The molecule has 15 heavy (non-hydrogen) atoms. The summed E-state index contributed by atoms with van der Waals surface area (Å²) >= 11 is 1.65. The zero-order chi connectivity index (χ0) is 10.5. The molecule has 0 aromatic carbocycles. The van der Waals surface area contributed by atoms with Crippen LogP contribution in [0, 0.1) is 0 Å². The maximum Gasteiger partial charge on any atom is 0.0896 e. The maximum absolute atomic E-state index is 10.0. The van der Waals surface area contributed by atoms with Crippen LogP contribution >= 0.6 is 11.3 Å². The van der Waals surface area contributed by atoms with E-state index in [1.807, 2.05) is 17.5 Å². The molecule has 1 aliphatic heterocycles. The average molecular weight is 225 g/mol. The number of rotatable bonds is 3. The van der Waals surface area contributed by atoms with Gasteiger partial charge in [0.1, 0.15) is 0 Å². The monoisotopic (exact) mass is 225 g/mol. The Kier molecular flexibility index (Phi) is 4.18. The molecule has 0 saturated carbocycles. The highest BCUT2D eigenvalue weighted by molar-refractivity contribution is 7.10. The molecule has 3 heteroatoms. The quantitative estimate of drug-likeness (QED) is 0.829. The van der Waals surface area contributed by atoms with Crippen LogP contribution in [0.1, 0.15) is 43.1 Å². The van der Waals surface area contributed by atoms with Crippen molar-refractivity contribution in [1.82, 2.24) is 5.32 Å². The number of hydrogen-bond acceptors (Lipinski definition) is 3. The number of hydrogen-bond donors (Lipinski definition) is 2. The van der Waals surface area contributed by atoms with Gasteiger partial charge in [-0.3, -0.25) is 0 Å². The molecule has 2 unspecified atom stereocenters. The van der Waals surface area contributed by atoms with Crippen LogP contribution in [0.3, 0.4) is 0 Å². The summed E-state index contributed by atoms with van der Waals surface area (Å²) < 4.78 is 0. The molecule has 0 aliphatic carbocycles. The van der Waals surface area contributed by atoms with Gasteiger partial charge in [0.05, 0.1) is 6.10 Å². The Balaban J connectivity index is 1.84. The van der Waals surface area contributed by atoms with Gasteiger partial charge in [0.15, 0.2) is 0 Å². The minimum absolute atomic E-state index is 0.277. The largest absolute Gasteiger partial charge is 0.388 e. The third-order valence-corrected chi connectivity index (χ3v) is 4.02. The Morgan fingerprint density at radius 1 is 1.47 bits per heavy atom. The molecule has 2 heterocycles. The molecule has 0 spiro atoms. The lowest BCUT2D eigenvalue weighted by Gasteiger charge is -2.18. The molecule has 0 amide bonds. The molecule has 84 valence electrons. The maximum atomic E-state index is 10.0. The Labute approximate surface area is 95.3 Å². The van der Waals surface area contributed by atoms with Crippen LogP contribution in [0.2, 0.25) is 0 Å². The number of nitrogens with one attached hydrogen (secondary N) is 1. The molecule has 1 aliphatic rings. The molecule has 2 N–H and O–H groups in total. The van der Waals surface area contributed by atoms with Gasteiger partial charge >= 0.3 is 0 Å². The van der Waals surface area contributed by atoms with Gasteiger partial charge < -0.3 is 10.4 Å². The lowest BCUT2D eigenvalue weighted by atomic mass is 10.0. The first-order valence-electron chi connectivity index (χ1n) is 5.81. The second-order valence-electron chi connectivity index (χ2n) is 4.27. The summed E-state index contributed by atoms with van der Waals surface area (Å²) in [5, 5.41) is 15.6. The van der Waals surface area contributed by atoms with E-state index in [0.717, 1.165) is 17.8 Å². The Morgan fingerprint density at radius 3 is 3.20 bits per heavy atom. The average Bonchev–Trinajstić information content (AvgIpc) is 2.65. The first-order chi connectivity index (χ1) is 7.36. The minimum atomic E-state index is -0.277. The van der Waals surface area contributed by atoms with Gasteiger partial charge in [-0.15, -0.1) is 11.3 Å². The number of aliphatic hydroxyl groups excluding tert-OH is 1. The summed E-state index contributed by atoms with van der Waals surface area (Å²) in [4.78, 5) is 1.10. The van der Waals surface area contributed by atoms with Gasteiger partial charge in [0, 0.05) is 10.9 Å². The molecule has 2 nitrogen and oxygen atoms in total. The van der Waals surface area contributed by atoms with Gasteiger partial charge in [0.25, 0.3) is 0 Å². The van der Waals surface area contributed by atoms with E-state index in [1.54, 1.807) is 11.3 Å². The van der Waals surface area contributed by atoms with Crippen molar-refractivity contribution in [1.29, 1.82) is 0 Å². The predicted octanol–water partition coefficient (Wildman–Crippen LogP) is 2.70. The molecule has 1 fully saturated rings. The summed E-state index contributed by atoms with van der Waals surface area (Å²) in [6, 6.07) is 4.53. The summed E-state index contributed by atoms with van der Waals surface area (Å²) in [6.07, 6.45) is 5.71. The lowest BCUT2D eigenvalue weighted by molar-refractivity contribution is 0.154. The molecule has 1 saturated heterocycles. The molecule has 0 bridgehead atoms. The topological polar surface area (TPSA) is 32.3 Å². The van der Waals surface area contributed by atoms with Crippen molar-refractivity contribution < 1.29 is 5.11 Å². The molecule has 1 aromatic heterocycles. The summed E-state index contributed by atoms with van der Waals surface area (Å²) in [5.74, 6) is 0. The van der Waals surface area contributed by atoms with Crippen molar-refractivity contribution in [2.24, 2.45) is 0 Å². The lowest BCUT2D eigenvalue weighted by Crippen LogP contribution is -2.29. The van der Waals surface area contributed by atoms with E-state index in [0.29, 0.717) is 6.04 Å². The predicted molar refractivity (Wildman–Crippen MR) is 64.2 cm³/mol. The third kappa shape index (κ3) is 3.30. The van der Waals surface area contributed by atoms with Crippen molar-refractivity contribution in [2.45, 2.75) is 44.2 Å². The summed E-state index contributed by atoms with van der Waals surface area (Å²) in [7, 11) is 0. The molecule has 2 atom stereocenters. The van der Waals surface area contributed by atoms with Gasteiger partial charge in [-0.25, -0.2) is 0 Å². The van der Waals surface area contributed by atoms with Crippen LogP contribution in [0.5, 0.6) is 0 Å². The van der Waals surface area contributed by atoms with Crippen LogP contribution in [0.4, 0.5) is 0 Å². The highest BCUT2D eigenvalue weighted by atomic mass is 32.1. The first-order valence-corrected chi connectivity index (χ1v) is 6.69. The molecular weight excluding hydrogens is 206 g/mol. The van der Waals surface area contributed by atoms with E-state index >= 15 is 0 Å². The van der Waals surface area contributed by atoms with E-state index in [9.17, 15) is 5.11 Å². The standard InChI is InChI=1S/C12H19NOS/c14-11(12-6-4-8-15-12)9-10-5-2-1-3-7-13-10/h4,6,8,10-11,13-14H,1-3,5,7,9H2. The Hall–Kier alpha value is -0.380. The summed E-state index contributed by atoms with van der Waals surface area (Å²) in [5.41, 5.74) is 0. The normalized spacial score (nSPS) is 24.7. The fourth-order valence-electron chi connectivity index (χ4n) is 2.17. The van der Waals surface area contributed by atoms with Crippen molar-refractivity contribution in [3.8, 4) is 0 Å². The van der Waals surface area contributed by atoms with Crippen LogP contribution in [-0.4, -0.2) is 17.7 Å². The SMILES string of the molecule is OC(CC1CCCCCN1)c1cccs1. The molecular formula is C12H19NOS. The highest BCUT2D eigenvalue weighted by Gasteiger charge is 2.17. The van der Waals surface area contributed by atoms with E-state index in [2.05, 4.69) is 5.32 Å². The Morgan fingerprint density at radius 2 is 2.40 bits per heavy atom. The highest BCUT2D eigenvalue weighted by Crippen LogP contribution is 2.25. The van der Waals surface area contributed by atoms with Crippen molar-refractivity contribution in [3.05, 3.63) is 22.4 Å². The zero-order valence-corrected chi connectivity index (χ0v) is 9.80. The molecule has 0 radical (unpaired) electrons. The van der Waals surface area contributed by atoms with Gasteiger partial charge in [-0.05, 0) is 37.3 Å². The molecule has 2 rings (SSSR count). The van der Waals surface area contributed by atoms with Crippen LogP contribution in [0.25, 0.3) is 0 Å². The fourth-order valence-corrected chi connectivity index (χ4v) is 2.89. The molecule has 1 aromatic rings. The smallest absolute Gasteiger partial charge is 0.0896 e. The number of aliphatic hydroxyl groups is 1. The van der Waals surface area contributed by atoms with Gasteiger partial charge in [-0.2, -0.15) is 0 Å². The van der Waals surface area contributed by atoms with Crippen LogP contribution in [-0.2, 0) is 0 Å². The van der Waals surface area contributed by atoms with Crippen molar-refractivity contribution in [2.75, 3.05) is 6.54 Å². The Bertz CT molecular complexity index is 265. The number of thiophene rings is 1. The zero-order valence-electron chi connectivity index (χ0n) is 8.98. The van der Waals surface area contributed by atoms with Crippen molar-refractivity contribution in [3.63, 3.8) is 0 Å². The van der Waals surface area contributed by atoms with Crippen LogP contribution < -0.4 is 5.32 Å².